The molecule has 3 rings (SSSR count). The molecule has 0 N–H and O–H groups in total. The largest absolute Gasteiger partial charge is 2.00 e. The van der Waals surface area contributed by atoms with Gasteiger partial charge in [-0.2, -0.15) is 0 Å². The molecule has 115 valence electrons. The Morgan fingerprint density at radius 3 is 0.909 bits per heavy atom. The van der Waals surface area contributed by atoms with Crippen LogP contribution in [0.2, 0.25) is 0 Å². The van der Waals surface area contributed by atoms with Crippen LogP contribution in [0.25, 0.3) is 0 Å². The summed E-state index contributed by atoms with van der Waals surface area (Å²) in [6, 6.07) is 32.3. The summed E-state index contributed by atoms with van der Waals surface area (Å²) in [5.74, 6) is 0. The molecular formula is C18H15ClOPRe-3. The third kappa shape index (κ3) is 5.03. The van der Waals surface area contributed by atoms with Crippen molar-refractivity contribution >= 4 is 23.8 Å². The summed E-state index contributed by atoms with van der Waals surface area (Å²) < 4.78 is 0. The second-order valence-corrected chi connectivity index (χ2v) is 6.56. The van der Waals surface area contributed by atoms with Gasteiger partial charge < -0.3 is 17.9 Å². The third-order valence-electron chi connectivity index (χ3n) is 3.04. The van der Waals surface area contributed by atoms with Crippen LogP contribution in [0.4, 0.5) is 0 Å². The van der Waals surface area contributed by atoms with Gasteiger partial charge in [0.2, 0.25) is 0 Å². The van der Waals surface area contributed by atoms with E-state index in [4.69, 9.17) is 0 Å². The van der Waals surface area contributed by atoms with E-state index < -0.39 is 7.92 Å². The molecule has 0 heterocycles. The van der Waals surface area contributed by atoms with Gasteiger partial charge in [0.1, 0.15) is 0 Å². The fourth-order valence-electron chi connectivity index (χ4n) is 2.18. The van der Waals surface area contributed by atoms with Crippen LogP contribution in [0.5, 0.6) is 0 Å². The van der Waals surface area contributed by atoms with E-state index in [1.54, 1.807) is 0 Å². The molecule has 0 bridgehead atoms. The average molecular weight is 500 g/mol. The average Bonchev–Trinajstić information content (AvgIpc) is 2.51. The maximum Gasteiger partial charge on any atom is 0 e. The maximum absolute atomic E-state index is 2.23. The molecule has 0 amide bonds. The molecule has 0 unspecified atom stereocenters. The Labute approximate surface area is 152 Å². The van der Waals surface area contributed by atoms with Crippen molar-refractivity contribution in [3.05, 3.63) is 91.0 Å². The van der Waals surface area contributed by atoms with E-state index in [0.29, 0.717) is 0 Å². The van der Waals surface area contributed by atoms with Gasteiger partial charge in [-0.25, -0.2) is 0 Å². The number of benzene rings is 3. The van der Waals surface area contributed by atoms with Gasteiger partial charge in [-0.15, -0.1) is 0 Å². The van der Waals surface area contributed by atoms with Crippen LogP contribution < -0.4 is 28.3 Å². The maximum atomic E-state index is 2.23. The molecule has 0 saturated heterocycles. The Bertz CT molecular complexity index is 541. The van der Waals surface area contributed by atoms with Crippen molar-refractivity contribution < 1.29 is 38.3 Å². The van der Waals surface area contributed by atoms with E-state index in [-0.39, 0.29) is 38.3 Å². The van der Waals surface area contributed by atoms with Gasteiger partial charge in [-0.05, 0) is 23.8 Å². The van der Waals surface area contributed by atoms with Crippen LogP contribution in [-0.2, 0) is 25.9 Å². The van der Waals surface area contributed by atoms with Gasteiger partial charge in [-0.3, -0.25) is 0 Å². The molecule has 1 nitrogen and oxygen atoms in total. The molecule has 0 fully saturated rings. The van der Waals surface area contributed by atoms with E-state index in [1.165, 1.54) is 15.9 Å². The van der Waals surface area contributed by atoms with E-state index in [9.17, 15) is 0 Å². The summed E-state index contributed by atoms with van der Waals surface area (Å²) in [5, 5.41) is 4.19. The molecule has 0 aliphatic carbocycles. The van der Waals surface area contributed by atoms with Gasteiger partial charge in [0.05, 0.1) is 0 Å². The van der Waals surface area contributed by atoms with E-state index in [1.807, 2.05) is 0 Å². The topological polar surface area (TPSA) is 28.5 Å². The number of hydrogen-bond acceptors (Lipinski definition) is 0. The molecule has 0 aliphatic heterocycles. The van der Waals surface area contributed by atoms with Crippen LogP contribution in [0, 0.1) is 0 Å². The van der Waals surface area contributed by atoms with E-state index >= 15 is 0 Å². The minimum absolute atomic E-state index is 0. The quantitative estimate of drug-likeness (QED) is 0.465. The standard InChI is InChI=1S/C18H15P.ClH.O.Re/c1-4-10-16(11-5-1)19(17-12-6-2-7-13-17)18-14-8-3-9-15-18;;;/h1-15H;1H;;/q;;-2;/p-1. The molecule has 0 saturated carbocycles. The summed E-state index contributed by atoms with van der Waals surface area (Å²) in [5.41, 5.74) is 0. The van der Waals surface area contributed by atoms with E-state index in [2.05, 4.69) is 91.0 Å². The molecular weight excluding hydrogens is 485 g/mol. The summed E-state index contributed by atoms with van der Waals surface area (Å²) in [7, 11) is -0.446. The van der Waals surface area contributed by atoms with Crippen molar-refractivity contribution in [2.45, 2.75) is 0 Å². The van der Waals surface area contributed by atoms with Gasteiger partial charge in [-0.1, -0.05) is 91.0 Å². The molecule has 1 radical (unpaired) electrons. The molecule has 0 aromatic heterocycles. The third-order valence-corrected chi connectivity index (χ3v) is 5.49. The van der Waals surface area contributed by atoms with Gasteiger partial charge in [0.15, 0.2) is 0 Å². The normalized spacial score (nSPS) is 9.14. The fraction of sp³-hybridized carbons (Fsp3) is 0. The first kappa shape index (κ1) is 21.0. The Morgan fingerprint density at radius 2 is 0.682 bits per heavy atom. The van der Waals surface area contributed by atoms with Crippen molar-refractivity contribution in [1.29, 1.82) is 0 Å². The summed E-state index contributed by atoms with van der Waals surface area (Å²) in [6.07, 6.45) is 0. The summed E-state index contributed by atoms with van der Waals surface area (Å²) >= 11 is 0. The van der Waals surface area contributed by atoms with Crippen LogP contribution in [0.1, 0.15) is 0 Å². The summed E-state index contributed by atoms with van der Waals surface area (Å²) in [6.45, 7) is 0. The minimum Gasteiger partial charge on any atom is -2.00 e. The SMILES string of the molecule is [Cl-].[O-2].[Re].c1ccc(P(c2ccccc2)c2ccccc2)cc1. The first-order valence-corrected chi connectivity index (χ1v) is 7.74. The Balaban J connectivity index is 0.00000147. The molecule has 0 aliphatic rings. The molecule has 4 heteroatoms. The Hall–Kier alpha value is -0.998. The predicted octanol–water partition coefficient (Wildman–Crippen LogP) is 0.328. The molecule has 3 aromatic carbocycles. The van der Waals surface area contributed by atoms with Crippen LogP contribution in [0.15, 0.2) is 91.0 Å². The zero-order valence-corrected chi connectivity index (χ0v) is 16.1. The van der Waals surface area contributed by atoms with Crippen LogP contribution in [0.3, 0.4) is 0 Å². The summed E-state index contributed by atoms with van der Waals surface area (Å²) in [4.78, 5) is 0. The fourth-order valence-corrected chi connectivity index (χ4v) is 4.48. The van der Waals surface area contributed by atoms with Crippen molar-refractivity contribution in [3.8, 4) is 0 Å². The molecule has 0 spiro atoms. The predicted molar refractivity (Wildman–Crippen MR) is 85.8 cm³/mol. The number of rotatable bonds is 3. The van der Waals surface area contributed by atoms with Crippen LogP contribution in [-0.4, -0.2) is 0 Å². The van der Waals surface area contributed by atoms with Crippen molar-refractivity contribution in [2.24, 2.45) is 0 Å². The Morgan fingerprint density at radius 1 is 0.455 bits per heavy atom. The second kappa shape index (κ2) is 10.7. The molecule has 0 atom stereocenters. The van der Waals surface area contributed by atoms with E-state index in [0.717, 1.165) is 0 Å². The molecule has 22 heavy (non-hydrogen) atoms. The first-order valence-electron chi connectivity index (χ1n) is 6.40. The molecule has 3 aromatic rings. The van der Waals surface area contributed by atoms with Crippen molar-refractivity contribution in [2.75, 3.05) is 0 Å². The zero-order valence-electron chi connectivity index (χ0n) is 11.8. The Kier molecular flexibility index (Phi) is 10.2. The zero-order chi connectivity index (χ0) is 12.9. The monoisotopic (exact) mass is 500 g/mol. The number of halogens is 1. The van der Waals surface area contributed by atoms with Gasteiger partial charge in [0, 0.05) is 20.4 Å². The van der Waals surface area contributed by atoms with Crippen molar-refractivity contribution in [3.63, 3.8) is 0 Å². The second-order valence-electron chi connectivity index (χ2n) is 4.34. The first-order chi connectivity index (χ1) is 9.45. The van der Waals surface area contributed by atoms with Gasteiger partial charge >= 0.3 is 0 Å². The van der Waals surface area contributed by atoms with Gasteiger partial charge in [0.25, 0.3) is 0 Å². The smallest absolute Gasteiger partial charge is 0 e. The minimum atomic E-state index is -0.446. The van der Waals surface area contributed by atoms with Crippen LogP contribution >= 0.6 is 7.92 Å². The van der Waals surface area contributed by atoms with Crippen molar-refractivity contribution in [1.82, 2.24) is 0 Å². The number of hydrogen-bond donors (Lipinski definition) is 0.